The molecule has 1 heterocycles. The number of amides is 1. The smallest absolute Gasteiger partial charge is 0.371 e. The first-order valence-electron chi connectivity index (χ1n) is 3.95. The van der Waals surface area contributed by atoms with Crippen molar-refractivity contribution in [1.29, 1.82) is 0 Å². The third kappa shape index (κ3) is 3.23. The minimum absolute atomic E-state index is 0.0802. The van der Waals surface area contributed by atoms with Crippen molar-refractivity contribution in [2.45, 2.75) is 13.0 Å². The molecule has 1 amide bonds. The number of thioether (sulfide) groups is 1. The number of oxime groups is 1. The zero-order chi connectivity index (χ0) is 9.68. The summed E-state index contributed by atoms with van der Waals surface area (Å²) in [6.45, 7) is 2.59. The Morgan fingerprint density at radius 3 is 3.23 bits per heavy atom. The molecule has 0 aliphatic carbocycles. The zero-order valence-electron chi connectivity index (χ0n) is 7.57. The summed E-state index contributed by atoms with van der Waals surface area (Å²) in [6.07, 6.45) is -0.644. The average molecular weight is 204 g/mol. The Labute approximate surface area is 80.8 Å². The van der Waals surface area contributed by atoms with Crippen LogP contribution in [0.2, 0.25) is 0 Å². The topological polar surface area (TPSA) is 59.9 Å². The molecule has 1 aliphatic rings. The number of nitrogens with zero attached hydrogens (tertiary/aromatic N) is 1. The maximum atomic E-state index is 10.7. The summed E-state index contributed by atoms with van der Waals surface area (Å²) in [5.41, 5.74) is 0. The lowest BCUT2D eigenvalue weighted by Gasteiger charge is -2.19. The van der Waals surface area contributed by atoms with E-state index in [2.05, 4.69) is 15.3 Å². The number of carbonyl (C=O) groups is 1. The van der Waals surface area contributed by atoms with Gasteiger partial charge in [-0.05, 0) is 6.92 Å². The first kappa shape index (κ1) is 10.3. The van der Waals surface area contributed by atoms with E-state index in [1.807, 2.05) is 6.92 Å². The summed E-state index contributed by atoms with van der Waals surface area (Å²) >= 11 is 1.54. The quantitative estimate of drug-likeness (QED) is 0.507. The molecule has 0 aromatic heterocycles. The predicted molar refractivity (Wildman–Crippen MR) is 50.8 cm³/mol. The molecule has 0 bridgehead atoms. The van der Waals surface area contributed by atoms with Gasteiger partial charge in [0.2, 0.25) is 0 Å². The van der Waals surface area contributed by atoms with E-state index in [4.69, 9.17) is 4.74 Å². The van der Waals surface area contributed by atoms with Gasteiger partial charge in [0.05, 0.1) is 6.61 Å². The monoisotopic (exact) mass is 204 g/mol. The molecule has 1 unspecified atom stereocenters. The van der Waals surface area contributed by atoms with Gasteiger partial charge >= 0.3 is 6.09 Å². The molecule has 1 saturated heterocycles. The number of nitrogens with one attached hydrogen (secondary N) is 1. The van der Waals surface area contributed by atoms with Crippen LogP contribution < -0.4 is 5.32 Å². The molecule has 1 atom stereocenters. The van der Waals surface area contributed by atoms with Gasteiger partial charge in [0, 0.05) is 12.8 Å². The Morgan fingerprint density at radius 1 is 1.85 bits per heavy atom. The molecule has 0 radical (unpaired) electrons. The number of ether oxygens (including phenoxy) is 1. The van der Waals surface area contributed by atoms with Crippen molar-refractivity contribution in [3.8, 4) is 0 Å². The minimum atomic E-state index is -0.564. The Morgan fingerprint density at radius 2 is 2.62 bits per heavy atom. The van der Waals surface area contributed by atoms with Crippen molar-refractivity contribution in [1.82, 2.24) is 5.32 Å². The number of hydrogen-bond acceptors (Lipinski definition) is 5. The van der Waals surface area contributed by atoms with E-state index in [1.54, 1.807) is 11.8 Å². The van der Waals surface area contributed by atoms with Crippen LogP contribution in [0.15, 0.2) is 5.16 Å². The molecule has 0 spiro atoms. The first-order valence-corrected chi connectivity index (χ1v) is 4.93. The van der Waals surface area contributed by atoms with Crippen molar-refractivity contribution in [3.05, 3.63) is 0 Å². The van der Waals surface area contributed by atoms with Gasteiger partial charge in [-0.3, -0.25) is 4.84 Å². The van der Waals surface area contributed by atoms with Crippen LogP contribution in [0.25, 0.3) is 0 Å². The molecule has 0 aromatic rings. The first-order chi connectivity index (χ1) is 6.24. The second-order valence-corrected chi connectivity index (χ2v) is 3.53. The van der Waals surface area contributed by atoms with E-state index in [-0.39, 0.29) is 6.10 Å². The van der Waals surface area contributed by atoms with Gasteiger partial charge < -0.3 is 10.1 Å². The lowest BCUT2D eigenvalue weighted by atomic mass is 10.4. The maximum Gasteiger partial charge on any atom is 0.433 e. The maximum absolute atomic E-state index is 10.7. The summed E-state index contributed by atoms with van der Waals surface area (Å²) in [5, 5.41) is 6.68. The van der Waals surface area contributed by atoms with E-state index in [9.17, 15) is 4.79 Å². The van der Waals surface area contributed by atoms with Crippen LogP contribution >= 0.6 is 11.8 Å². The van der Waals surface area contributed by atoms with E-state index in [0.717, 1.165) is 5.75 Å². The van der Waals surface area contributed by atoms with E-state index >= 15 is 0 Å². The van der Waals surface area contributed by atoms with Gasteiger partial charge in [0.1, 0.15) is 11.1 Å². The van der Waals surface area contributed by atoms with Crippen LogP contribution in [0.5, 0.6) is 0 Å². The highest BCUT2D eigenvalue weighted by molar-refractivity contribution is 8.14. The highest BCUT2D eigenvalue weighted by Gasteiger charge is 2.18. The number of carbonyl (C=O) groups excluding carboxylic acids is 1. The molecule has 1 N–H and O–H groups in total. The molecule has 0 saturated carbocycles. The highest BCUT2D eigenvalue weighted by atomic mass is 32.2. The van der Waals surface area contributed by atoms with Crippen LogP contribution in [-0.2, 0) is 9.57 Å². The molecule has 1 fully saturated rings. The molecule has 1 rings (SSSR count). The average Bonchev–Trinajstić information content (AvgIpc) is 2.16. The molecular weight excluding hydrogens is 192 g/mol. The van der Waals surface area contributed by atoms with Gasteiger partial charge in [0.15, 0.2) is 0 Å². The normalized spacial score (nSPS) is 25.7. The van der Waals surface area contributed by atoms with Crippen molar-refractivity contribution in [2.75, 3.05) is 19.4 Å². The van der Waals surface area contributed by atoms with E-state index in [1.165, 1.54) is 7.05 Å². The fourth-order valence-corrected chi connectivity index (χ4v) is 1.57. The van der Waals surface area contributed by atoms with E-state index in [0.29, 0.717) is 11.7 Å². The Kier molecular flexibility index (Phi) is 4.04. The summed E-state index contributed by atoms with van der Waals surface area (Å²) in [6, 6.07) is 0. The lowest BCUT2D eigenvalue weighted by molar-refractivity contribution is 0.116. The summed E-state index contributed by atoms with van der Waals surface area (Å²) in [4.78, 5) is 15.2. The molecular formula is C7H12N2O3S. The summed E-state index contributed by atoms with van der Waals surface area (Å²) in [5.74, 6) is 0.847. The predicted octanol–water partition coefficient (Wildman–Crippen LogP) is 0.808. The second-order valence-electron chi connectivity index (χ2n) is 2.42. The van der Waals surface area contributed by atoms with Gasteiger partial charge in [-0.1, -0.05) is 5.16 Å². The SMILES string of the molecule is CNC(=O)O/N=C1\SCCOC1C. The van der Waals surface area contributed by atoms with Crippen molar-refractivity contribution < 1.29 is 14.4 Å². The van der Waals surface area contributed by atoms with Crippen molar-refractivity contribution >= 4 is 22.9 Å². The van der Waals surface area contributed by atoms with Crippen molar-refractivity contribution in [3.63, 3.8) is 0 Å². The highest BCUT2D eigenvalue weighted by Crippen LogP contribution is 2.16. The Balaban J connectivity index is 2.43. The van der Waals surface area contributed by atoms with Crippen LogP contribution in [-0.4, -0.2) is 36.6 Å². The van der Waals surface area contributed by atoms with Crippen LogP contribution in [0, 0.1) is 0 Å². The molecule has 6 heteroatoms. The Hall–Kier alpha value is -0.750. The fourth-order valence-electron chi connectivity index (χ4n) is 0.792. The summed E-state index contributed by atoms with van der Waals surface area (Å²) < 4.78 is 5.29. The number of rotatable bonds is 1. The van der Waals surface area contributed by atoms with Crippen LogP contribution in [0.1, 0.15) is 6.92 Å². The standard InChI is InChI=1S/C7H12N2O3S/c1-5-6(13-4-3-11-5)9-12-7(10)8-2/h5H,3-4H2,1-2H3,(H,8,10)/b9-6-. The molecule has 74 valence electrons. The lowest BCUT2D eigenvalue weighted by Crippen LogP contribution is -2.26. The molecule has 1 aliphatic heterocycles. The molecule has 13 heavy (non-hydrogen) atoms. The van der Waals surface area contributed by atoms with Gasteiger partial charge in [-0.2, -0.15) is 0 Å². The molecule has 5 nitrogen and oxygen atoms in total. The fraction of sp³-hybridized carbons (Fsp3) is 0.714. The molecule has 0 aromatic carbocycles. The largest absolute Gasteiger partial charge is 0.433 e. The van der Waals surface area contributed by atoms with Crippen LogP contribution in [0.3, 0.4) is 0 Å². The van der Waals surface area contributed by atoms with Crippen LogP contribution in [0.4, 0.5) is 4.79 Å². The van der Waals surface area contributed by atoms with E-state index < -0.39 is 6.09 Å². The van der Waals surface area contributed by atoms with Gasteiger partial charge in [0.25, 0.3) is 0 Å². The summed E-state index contributed by atoms with van der Waals surface area (Å²) in [7, 11) is 1.48. The second kappa shape index (κ2) is 5.08. The van der Waals surface area contributed by atoms with Crippen molar-refractivity contribution in [2.24, 2.45) is 5.16 Å². The Bertz CT molecular complexity index is 220. The zero-order valence-corrected chi connectivity index (χ0v) is 8.39. The third-order valence-corrected chi connectivity index (χ3v) is 2.54. The number of hydrogen-bond donors (Lipinski definition) is 1. The third-order valence-electron chi connectivity index (χ3n) is 1.47. The minimum Gasteiger partial charge on any atom is -0.371 e. The van der Waals surface area contributed by atoms with Gasteiger partial charge in [-0.15, -0.1) is 11.8 Å². The van der Waals surface area contributed by atoms with Gasteiger partial charge in [-0.25, -0.2) is 4.79 Å².